The highest BCUT2D eigenvalue weighted by molar-refractivity contribution is 5.78. The second-order valence-corrected chi connectivity index (χ2v) is 12.8. The molecule has 54 heavy (non-hydrogen) atoms. The maximum absolute atomic E-state index is 5.08. The van der Waals surface area contributed by atoms with Gasteiger partial charge in [-0.2, -0.15) is 0 Å². The van der Waals surface area contributed by atoms with Crippen molar-refractivity contribution in [1.29, 1.82) is 0 Å². The molecule has 9 rings (SSSR count). The first-order valence-corrected chi connectivity index (χ1v) is 17.8. The minimum absolute atomic E-state index is 0.624. The molecular weight excluding hydrogens is 661 g/mol. The van der Waals surface area contributed by atoms with E-state index in [1.807, 2.05) is 116 Å². The SMILES string of the molecule is c1ccc(-c2nc(-c3ccc(-c4ccncc4)cc3)cc(-c3cccc(-c4ccc(-c5nc(-c6ccccc6)nc(-c6ccccc6)n5)cc4)c3)n2)cc1. The molecule has 6 heteroatoms. The van der Waals surface area contributed by atoms with Crippen LogP contribution in [0, 0.1) is 0 Å². The average Bonchev–Trinajstić information content (AvgIpc) is 3.27. The van der Waals surface area contributed by atoms with Gasteiger partial charge in [-0.25, -0.2) is 24.9 Å². The van der Waals surface area contributed by atoms with Crippen molar-refractivity contribution >= 4 is 0 Å². The molecule has 0 spiro atoms. The fourth-order valence-electron chi connectivity index (χ4n) is 6.44. The number of nitrogens with zero attached hydrogens (tertiary/aromatic N) is 6. The van der Waals surface area contributed by atoms with Crippen LogP contribution in [0.2, 0.25) is 0 Å². The minimum Gasteiger partial charge on any atom is -0.265 e. The summed E-state index contributed by atoms with van der Waals surface area (Å²) >= 11 is 0. The fraction of sp³-hybridized carbons (Fsp3) is 0. The van der Waals surface area contributed by atoms with Gasteiger partial charge in [0.1, 0.15) is 0 Å². The minimum atomic E-state index is 0.624. The van der Waals surface area contributed by atoms with Gasteiger partial charge in [-0.3, -0.25) is 4.98 Å². The molecule has 6 aromatic carbocycles. The molecule has 0 aliphatic heterocycles. The second-order valence-electron chi connectivity index (χ2n) is 12.8. The molecule has 0 aliphatic rings. The van der Waals surface area contributed by atoms with Crippen LogP contribution < -0.4 is 0 Å². The monoisotopic (exact) mass is 692 g/mol. The van der Waals surface area contributed by atoms with Crippen molar-refractivity contribution in [2.45, 2.75) is 0 Å². The van der Waals surface area contributed by atoms with Crippen molar-refractivity contribution in [3.63, 3.8) is 0 Å². The van der Waals surface area contributed by atoms with Gasteiger partial charge in [0.05, 0.1) is 11.4 Å². The Bertz CT molecular complexity index is 2610. The number of hydrogen-bond donors (Lipinski definition) is 0. The van der Waals surface area contributed by atoms with Crippen LogP contribution in [0.4, 0.5) is 0 Å². The summed E-state index contributed by atoms with van der Waals surface area (Å²) in [5.74, 6) is 2.58. The van der Waals surface area contributed by atoms with Gasteiger partial charge in [0.15, 0.2) is 23.3 Å². The molecule has 0 aliphatic carbocycles. The molecule has 0 unspecified atom stereocenters. The third-order valence-corrected chi connectivity index (χ3v) is 9.29. The normalized spacial score (nSPS) is 11.0. The molecule has 0 saturated heterocycles. The Kier molecular flexibility index (Phi) is 8.81. The zero-order chi connectivity index (χ0) is 36.1. The predicted octanol–water partition coefficient (Wildman–Crippen LogP) is 11.4. The first-order chi connectivity index (χ1) is 26.7. The number of hydrogen-bond acceptors (Lipinski definition) is 6. The van der Waals surface area contributed by atoms with Crippen LogP contribution in [0.15, 0.2) is 194 Å². The summed E-state index contributed by atoms with van der Waals surface area (Å²) in [6, 6.07) is 61.7. The van der Waals surface area contributed by atoms with E-state index in [0.29, 0.717) is 23.3 Å². The van der Waals surface area contributed by atoms with Gasteiger partial charge in [0.25, 0.3) is 0 Å². The molecule has 0 N–H and O–H groups in total. The molecule has 0 fully saturated rings. The first-order valence-electron chi connectivity index (χ1n) is 17.8. The summed E-state index contributed by atoms with van der Waals surface area (Å²) in [4.78, 5) is 28.9. The van der Waals surface area contributed by atoms with Gasteiger partial charge < -0.3 is 0 Å². The molecule has 254 valence electrons. The third kappa shape index (κ3) is 6.92. The Labute approximate surface area is 313 Å². The van der Waals surface area contributed by atoms with Crippen LogP contribution in [-0.4, -0.2) is 29.9 Å². The Balaban J connectivity index is 1.06. The van der Waals surface area contributed by atoms with E-state index in [1.54, 1.807) is 0 Å². The standard InChI is InChI=1S/C48H32N6/c1-4-11-37(12-5-1)45-50-43(36-23-19-33(20-24-36)35-27-29-49-30-28-35)32-44(51-45)42-18-10-17-41(31-42)34-21-25-40(26-22-34)48-53-46(38-13-6-2-7-14-38)52-47(54-48)39-15-8-3-9-16-39/h1-32H. The molecule has 6 nitrogen and oxygen atoms in total. The van der Waals surface area contributed by atoms with Crippen molar-refractivity contribution in [2.75, 3.05) is 0 Å². The van der Waals surface area contributed by atoms with Crippen LogP contribution >= 0.6 is 0 Å². The number of pyridine rings is 1. The molecule has 3 heterocycles. The lowest BCUT2D eigenvalue weighted by molar-refractivity contribution is 1.07. The van der Waals surface area contributed by atoms with E-state index in [0.717, 1.165) is 67.0 Å². The number of benzene rings is 6. The van der Waals surface area contributed by atoms with Crippen LogP contribution in [0.5, 0.6) is 0 Å². The summed E-state index contributed by atoms with van der Waals surface area (Å²) < 4.78 is 0. The van der Waals surface area contributed by atoms with E-state index in [1.165, 1.54) is 0 Å². The zero-order valence-corrected chi connectivity index (χ0v) is 29.2. The fourth-order valence-corrected chi connectivity index (χ4v) is 6.44. The molecule has 0 saturated carbocycles. The van der Waals surface area contributed by atoms with E-state index >= 15 is 0 Å². The highest BCUT2D eigenvalue weighted by Gasteiger charge is 2.14. The van der Waals surface area contributed by atoms with E-state index in [9.17, 15) is 0 Å². The smallest absolute Gasteiger partial charge is 0.164 e. The van der Waals surface area contributed by atoms with Crippen molar-refractivity contribution in [3.8, 4) is 90.3 Å². The van der Waals surface area contributed by atoms with Gasteiger partial charge in [-0.1, -0.05) is 158 Å². The second kappa shape index (κ2) is 14.7. The van der Waals surface area contributed by atoms with Gasteiger partial charge in [-0.05, 0) is 46.5 Å². The van der Waals surface area contributed by atoms with E-state index in [4.69, 9.17) is 24.9 Å². The molecule has 0 atom stereocenters. The molecule has 3 aromatic heterocycles. The van der Waals surface area contributed by atoms with Crippen LogP contribution in [-0.2, 0) is 0 Å². The predicted molar refractivity (Wildman–Crippen MR) is 217 cm³/mol. The molecule has 9 aromatic rings. The number of aromatic nitrogens is 6. The van der Waals surface area contributed by atoms with E-state index < -0.39 is 0 Å². The van der Waals surface area contributed by atoms with Gasteiger partial charge >= 0.3 is 0 Å². The summed E-state index contributed by atoms with van der Waals surface area (Å²) in [6.45, 7) is 0. The summed E-state index contributed by atoms with van der Waals surface area (Å²) in [5.41, 5.74) is 11.9. The molecular formula is C48H32N6. The van der Waals surface area contributed by atoms with Gasteiger partial charge in [0.2, 0.25) is 0 Å². The molecule has 0 amide bonds. The van der Waals surface area contributed by atoms with Gasteiger partial charge in [0, 0.05) is 45.8 Å². The van der Waals surface area contributed by atoms with Crippen molar-refractivity contribution < 1.29 is 0 Å². The topological polar surface area (TPSA) is 77.3 Å². The Morgan fingerprint density at radius 1 is 0.222 bits per heavy atom. The summed E-state index contributed by atoms with van der Waals surface area (Å²) in [6.07, 6.45) is 3.63. The van der Waals surface area contributed by atoms with Crippen molar-refractivity contribution in [1.82, 2.24) is 29.9 Å². The molecule has 0 radical (unpaired) electrons. The third-order valence-electron chi connectivity index (χ3n) is 9.29. The van der Waals surface area contributed by atoms with Crippen LogP contribution in [0.1, 0.15) is 0 Å². The molecule has 0 bridgehead atoms. The summed E-state index contributed by atoms with van der Waals surface area (Å²) in [5, 5.41) is 0. The number of rotatable bonds is 8. The lowest BCUT2D eigenvalue weighted by atomic mass is 9.99. The maximum atomic E-state index is 5.08. The lowest BCUT2D eigenvalue weighted by Gasteiger charge is -2.11. The maximum Gasteiger partial charge on any atom is 0.164 e. The lowest BCUT2D eigenvalue weighted by Crippen LogP contribution is -2.00. The summed E-state index contributed by atoms with van der Waals surface area (Å²) in [7, 11) is 0. The Morgan fingerprint density at radius 2 is 0.574 bits per heavy atom. The average molecular weight is 693 g/mol. The Morgan fingerprint density at radius 3 is 1.09 bits per heavy atom. The zero-order valence-electron chi connectivity index (χ0n) is 29.2. The van der Waals surface area contributed by atoms with E-state index in [2.05, 4.69) is 83.8 Å². The van der Waals surface area contributed by atoms with Crippen molar-refractivity contribution in [2.24, 2.45) is 0 Å². The largest absolute Gasteiger partial charge is 0.265 e. The first kappa shape index (κ1) is 32.5. The highest BCUT2D eigenvalue weighted by atomic mass is 15.0. The van der Waals surface area contributed by atoms with Crippen LogP contribution in [0.3, 0.4) is 0 Å². The van der Waals surface area contributed by atoms with Gasteiger partial charge in [-0.15, -0.1) is 0 Å². The quantitative estimate of drug-likeness (QED) is 0.158. The van der Waals surface area contributed by atoms with E-state index in [-0.39, 0.29) is 0 Å². The van der Waals surface area contributed by atoms with Crippen LogP contribution in [0.25, 0.3) is 90.3 Å². The highest BCUT2D eigenvalue weighted by Crippen LogP contribution is 2.32. The Hall–Kier alpha value is -7.44. The van der Waals surface area contributed by atoms with Crippen molar-refractivity contribution in [3.05, 3.63) is 194 Å².